The summed E-state index contributed by atoms with van der Waals surface area (Å²) >= 11 is 9.49. The maximum absolute atomic E-state index is 13.4. The number of rotatable bonds is 7. The minimum absolute atomic E-state index is 0.0152. The van der Waals surface area contributed by atoms with Gasteiger partial charge in [0.05, 0.1) is 17.6 Å². The van der Waals surface area contributed by atoms with Crippen molar-refractivity contribution in [1.29, 1.82) is 0 Å². The molecule has 0 atom stereocenters. The van der Waals surface area contributed by atoms with Gasteiger partial charge in [0.25, 0.3) is 10.0 Å². The molecule has 0 aliphatic carbocycles. The van der Waals surface area contributed by atoms with Crippen LogP contribution in [0.25, 0.3) is 11.0 Å². The highest BCUT2D eigenvalue weighted by Crippen LogP contribution is 2.32. The van der Waals surface area contributed by atoms with Crippen LogP contribution in [0.3, 0.4) is 0 Å². The van der Waals surface area contributed by atoms with Crippen molar-refractivity contribution in [3.05, 3.63) is 75.7 Å². The smallest absolute Gasteiger partial charge is 0.266 e. The van der Waals surface area contributed by atoms with Crippen molar-refractivity contribution < 1.29 is 13.2 Å². The number of para-hydroxylation sites is 2. The summed E-state index contributed by atoms with van der Waals surface area (Å²) in [5, 5.41) is 3.71. The maximum Gasteiger partial charge on any atom is 0.266 e. The Morgan fingerprint density at radius 3 is 2.39 bits per heavy atom. The molecule has 4 rings (SSSR count). The van der Waals surface area contributed by atoms with E-state index in [0.29, 0.717) is 32.8 Å². The molecule has 0 radical (unpaired) electrons. The van der Waals surface area contributed by atoms with Crippen molar-refractivity contribution in [1.82, 2.24) is 9.97 Å². The summed E-state index contributed by atoms with van der Waals surface area (Å²) in [4.78, 5) is 9.13. The van der Waals surface area contributed by atoms with E-state index in [1.807, 2.05) is 25.1 Å². The number of fused-ring (bicyclic) bond motifs is 1. The molecule has 0 unspecified atom stereocenters. The monoisotopic (exact) mass is 546 g/mol. The molecule has 1 heterocycles. The fourth-order valence-corrected chi connectivity index (χ4v) is 5.03. The zero-order chi connectivity index (χ0) is 23.6. The molecule has 0 saturated carbocycles. The lowest BCUT2D eigenvalue weighted by molar-refractivity contribution is 0.331. The third-order valence-electron chi connectivity index (χ3n) is 4.75. The van der Waals surface area contributed by atoms with Crippen LogP contribution in [0.2, 0.25) is 5.02 Å². The van der Waals surface area contributed by atoms with E-state index in [2.05, 4.69) is 35.9 Å². The Balaban J connectivity index is 1.82. The molecule has 0 bridgehead atoms. The van der Waals surface area contributed by atoms with Crippen molar-refractivity contribution in [2.24, 2.45) is 0 Å². The van der Waals surface area contributed by atoms with E-state index >= 15 is 0 Å². The average Bonchev–Trinajstić information content (AvgIpc) is 2.77. The summed E-state index contributed by atoms with van der Waals surface area (Å²) < 4.78 is 35.5. The Kier molecular flexibility index (Phi) is 6.73. The minimum Gasteiger partial charge on any atom is -0.492 e. The van der Waals surface area contributed by atoms with Crippen LogP contribution < -0.4 is 14.8 Å². The van der Waals surface area contributed by atoms with Crippen LogP contribution in [0.4, 0.5) is 17.3 Å². The SMILES string of the molecule is CCOc1ccc(Br)cc1S(=O)(=O)Nc1nc2ccccc2nc1Nc1cc(Cl)ccc1C. The Morgan fingerprint density at radius 2 is 1.70 bits per heavy atom. The Bertz CT molecular complexity index is 1450. The second-order valence-electron chi connectivity index (χ2n) is 7.12. The highest BCUT2D eigenvalue weighted by Gasteiger charge is 2.23. The highest BCUT2D eigenvalue weighted by atomic mass is 79.9. The molecule has 10 heteroatoms. The lowest BCUT2D eigenvalue weighted by atomic mass is 10.2. The van der Waals surface area contributed by atoms with Crippen LogP contribution in [0.15, 0.2) is 70.0 Å². The van der Waals surface area contributed by atoms with E-state index < -0.39 is 10.0 Å². The molecule has 0 fully saturated rings. The van der Waals surface area contributed by atoms with E-state index in [1.54, 1.807) is 43.3 Å². The van der Waals surface area contributed by atoms with E-state index in [0.717, 1.165) is 5.56 Å². The summed E-state index contributed by atoms with van der Waals surface area (Å²) in [6.07, 6.45) is 0. The van der Waals surface area contributed by atoms with Crippen LogP contribution in [0.5, 0.6) is 5.75 Å². The summed E-state index contributed by atoms with van der Waals surface area (Å²) in [7, 11) is -4.06. The minimum atomic E-state index is -4.06. The van der Waals surface area contributed by atoms with Gasteiger partial charge in [0.2, 0.25) is 0 Å². The van der Waals surface area contributed by atoms with Crippen molar-refractivity contribution in [3.63, 3.8) is 0 Å². The normalized spacial score (nSPS) is 11.4. The molecule has 0 amide bonds. The molecule has 170 valence electrons. The van der Waals surface area contributed by atoms with Crippen molar-refractivity contribution >= 4 is 65.9 Å². The number of aryl methyl sites for hydroxylation is 1. The zero-order valence-electron chi connectivity index (χ0n) is 17.8. The van der Waals surface area contributed by atoms with Gasteiger partial charge in [-0.2, -0.15) is 0 Å². The molecule has 1 aromatic heterocycles. The number of nitrogens with zero attached hydrogens (tertiary/aromatic N) is 2. The summed E-state index contributed by atoms with van der Waals surface area (Å²) in [6, 6.07) is 17.4. The summed E-state index contributed by atoms with van der Waals surface area (Å²) in [6.45, 7) is 4.02. The predicted molar refractivity (Wildman–Crippen MR) is 135 cm³/mol. The van der Waals surface area contributed by atoms with Crippen LogP contribution in [0.1, 0.15) is 12.5 Å². The quantitative estimate of drug-likeness (QED) is 0.282. The largest absolute Gasteiger partial charge is 0.492 e. The van der Waals surface area contributed by atoms with Crippen molar-refractivity contribution in [2.75, 3.05) is 16.6 Å². The third kappa shape index (κ3) is 5.21. The Morgan fingerprint density at radius 1 is 1.00 bits per heavy atom. The van der Waals surface area contributed by atoms with E-state index in [1.165, 1.54) is 6.07 Å². The van der Waals surface area contributed by atoms with Crippen molar-refractivity contribution in [2.45, 2.75) is 18.7 Å². The van der Waals surface area contributed by atoms with Gasteiger partial charge in [0, 0.05) is 15.2 Å². The first-order chi connectivity index (χ1) is 15.8. The molecule has 4 aromatic rings. The zero-order valence-corrected chi connectivity index (χ0v) is 20.9. The van der Waals surface area contributed by atoms with E-state index in [9.17, 15) is 8.42 Å². The van der Waals surface area contributed by atoms with E-state index in [4.69, 9.17) is 16.3 Å². The number of hydrogen-bond acceptors (Lipinski definition) is 6. The fraction of sp³-hybridized carbons (Fsp3) is 0.130. The van der Waals surface area contributed by atoms with Gasteiger partial charge in [-0.25, -0.2) is 18.4 Å². The van der Waals surface area contributed by atoms with E-state index in [-0.39, 0.29) is 22.3 Å². The van der Waals surface area contributed by atoms with Gasteiger partial charge in [0.15, 0.2) is 11.6 Å². The molecule has 7 nitrogen and oxygen atoms in total. The van der Waals surface area contributed by atoms with Gasteiger partial charge >= 0.3 is 0 Å². The number of halogens is 2. The molecular formula is C23H20BrClN4O3S. The standard InChI is InChI=1S/C23H20BrClN4O3S/c1-3-32-20-11-9-15(24)12-21(20)33(30,31)29-23-22(26-17-6-4-5-7-18(17)27-23)28-19-13-16(25)10-8-14(19)2/h4-13H,3H2,1-2H3,(H,26,28)(H,27,29). The second-order valence-corrected chi connectivity index (χ2v) is 10.1. The highest BCUT2D eigenvalue weighted by molar-refractivity contribution is 9.10. The number of aromatic nitrogens is 2. The van der Waals surface area contributed by atoms with Gasteiger partial charge in [0.1, 0.15) is 10.6 Å². The van der Waals surface area contributed by atoms with Gasteiger partial charge < -0.3 is 10.1 Å². The number of anilines is 3. The topological polar surface area (TPSA) is 93.2 Å². The Hall–Kier alpha value is -2.88. The first-order valence-corrected chi connectivity index (χ1v) is 12.7. The molecule has 2 N–H and O–H groups in total. The molecule has 0 spiro atoms. The Labute approximate surface area is 205 Å². The molecule has 3 aromatic carbocycles. The van der Waals surface area contributed by atoms with Crippen LogP contribution >= 0.6 is 27.5 Å². The molecule has 33 heavy (non-hydrogen) atoms. The summed E-state index contributed by atoms with van der Waals surface area (Å²) in [5.74, 6) is 0.535. The van der Waals surface area contributed by atoms with Gasteiger partial charge in [-0.05, 0) is 61.9 Å². The molecule has 0 saturated heterocycles. The number of sulfonamides is 1. The fourth-order valence-electron chi connectivity index (χ4n) is 3.16. The number of nitrogens with one attached hydrogen (secondary N) is 2. The summed E-state index contributed by atoms with van der Waals surface area (Å²) in [5.41, 5.74) is 2.75. The average molecular weight is 548 g/mol. The van der Waals surface area contributed by atoms with Crippen LogP contribution in [-0.4, -0.2) is 25.0 Å². The number of benzene rings is 3. The van der Waals surface area contributed by atoms with Gasteiger partial charge in [-0.3, -0.25) is 4.72 Å². The molecule has 0 aliphatic heterocycles. The van der Waals surface area contributed by atoms with Gasteiger partial charge in [-0.15, -0.1) is 0 Å². The van der Waals surface area contributed by atoms with Crippen molar-refractivity contribution in [3.8, 4) is 5.75 Å². The first-order valence-electron chi connectivity index (χ1n) is 10.0. The third-order valence-corrected chi connectivity index (χ3v) is 6.84. The lowest BCUT2D eigenvalue weighted by Crippen LogP contribution is -2.17. The molecular weight excluding hydrogens is 528 g/mol. The maximum atomic E-state index is 13.4. The van der Waals surface area contributed by atoms with Crippen LogP contribution in [-0.2, 0) is 10.0 Å². The van der Waals surface area contributed by atoms with Crippen LogP contribution in [0, 0.1) is 6.92 Å². The first kappa shape index (κ1) is 23.3. The number of ether oxygens (including phenoxy) is 1. The number of hydrogen-bond donors (Lipinski definition) is 2. The van der Waals surface area contributed by atoms with Gasteiger partial charge in [-0.1, -0.05) is 45.7 Å². The lowest BCUT2D eigenvalue weighted by Gasteiger charge is -2.16. The second kappa shape index (κ2) is 9.54. The predicted octanol–water partition coefficient (Wildman–Crippen LogP) is 6.30. The molecule has 0 aliphatic rings.